The lowest BCUT2D eigenvalue weighted by atomic mass is 10.3. The van der Waals surface area contributed by atoms with Gasteiger partial charge in [-0.05, 0) is 29.8 Å². The molecule has 96 valence electrons. The van der Waals surface area contributed by atoms with Crippen LogP contribution < -0.4 is 5.56 Å². The van der Waals surface area contributed by atoms with Gasteiger partial charge in [0, 0.05) is 12.6 Å². The second kappa shape index (κ2) is 5.24. The first kappa shape index (κ1) is 13.3. The minimum atomic E-state index is -0.177. The summed E-state index contributed by atoms with van der Waals surface area (Å²) >= 11 is 9.16. The minimum Gasteiger partial charge on any atom is -0.293 e. The molecular formula is C11H12BrClN4O. The molecule has 7 heteroatoms. The summed E-state index contributed by atoms with van der Waals surface area (Å²) in [6.07, 6.45) is 1.44. The first-order valence-corrected chi connectivity index (χ1v) is 6.63. The van der Waals surface area contributed by atoms with Crippen molar-refractivity contribution in [2.45, 2.75) is 26.9 Å². The van der Waals surface area contributed by atoms with Gasteiger partial charge in [-0.1, -0.05) is 11.6 Å². The number of rotatable bonds is 3. The van der Waals surface area contributed by atoms with Crippen LogP contribution in [0.1, 0.15) is 18.3 Å². The molecule has 0 unspecified atom stereocenters. The zero-order valence-electron chi connectivity index (χ0n) is 10.0. The molecule has 0 radical (unpaired) electrons. The highest BCUT2D eigenvalue weighted by molar-refractivity contribution is 9.10. The summed E-state index contributed by atoms with van der Waals surface area (Å²) in [5.41, 5.74) is 1.67. The van der Waals surface area contributed by atoms with Crippen LogP contribution in [0.3, 0.4) is 0 Å². The molecule has 2 aromatic rings. The predicted octanol–water partition coefficient (Wildman–Crippen LogP) is 2.23. The Morgan fingerprint density at radius 2 is 2.22 bits per heavy atom. The highest BCUT2D eigenvalue weighted by Crippen LogP contribution is 2.21. The summed E-state index contributed by atoms with van der Waals surface area (Å²) in [5, 5.41) is 4.58. The molecule has 0 saturated heterocycles. The van der Waals surface area contributed by atoms with Crippen LogP contribution in [0.25, 0.3) is 0 Å². The van der Waals surface area contributed by atoms with Crippen LogP contribution in [0.4, 0.5) is 0 Å². The number of nitrogens with zero attached hydrogens (tertiary/aromatic N) is 4. The van der Waals surface area contributed by atoms with Gasteiger partial charge in [0.25, 0.3) is 5.56 Å². The quantitative estimate of drug-likeness (QED) is 0.811. The van der Waals surface area contributed by atoms with E-state index in [4.69, 9.17) is 11.6 Å². The summed E-state index contributed by atoms with van der Waals surface area (Å²) < 4.78 is 4.28. The lowest BCUT2D eigenvalue weighted by Gasteiger charge is -2.07. The topological polar surface area (TPSA) is 52.7 Å². The summed E-state index contributed by atoms with van der Waals surface area (Å²) in [6.45, 7) is 5.09. The molecular weight excluding hydrogens is 320 g/mol. The van der Waals surface area contributed by atoms with Crippen LogP contribution in [-0.4, -0.2) is 19.3 Å². The van der Waals surface area contributed by atoms with Crippen LogP contribution in [0.2, 0.25) is 5.15 Å². The van der Waals surface area contributed by atoms with Crippen molar-refractivity contribution >= 4 is 27.5 Å². The molecule has 0 aliphatic rings. The Balaban J connectivity index is 2.42. The van der Waals surface area contributed by atoms with Gasteiger partial charge in [0.1, 0.15) is 5.15 Å². The van der Waals surface area contributed by atoms with Crippen LogP contribution in [0, 0.1) is 6.92 Å². The van der Waals surface area contributed by atoms with E-state index in [9.17, 15) is 4.79 Å². The van der Waals surface area contributed by atoms with Crippen molar-refractivity contribution in [1.82, 2.24) is 19.3 Å². The van der Waals surface area contributed by atoms with Crippen molar-refractivity contribution in [2.75, 3.05) is 0 Å². The molecule has 2 heterocycles. The Hall–Kier alpha value is -1.14. The lowest BCUT2D eigenvalue weighted by molar-refractivity contribution is 0.587. The Bertz CT molecular complexity index is 634. The second-order valence-electron chi connectivity index (χ2n) is 3.84. The molecule has 0 fully saturated rings. The maximum atomic E-state index is 11.8. The SMILES string of the molecule is CCn1nc(C)c(Br)c1Cn1cnc(Cl)cc1=O. The maximum Gasteiger partial charge on any atom is 0.255 e. The Morgan fingerprint density at radius 1 is 1.50 bits per heavy atom. The van der Waals surface area contributed by atoms with E-state index in [-0.39, 0.29) is 10.7 Å². The van der Waals surface area contributed by atoms with Gasteiger partial charge in [-0.15, -0.1) is 0 Å². The molecule has 0 bridgehead atoms. The number of hydrogen-bond acceptors (Lipinski definition) is 3. The zero-order valence-corrected chi connectivity index (χ0v) is 12.4. The fourth-order valence-corrected chi connectivity index (χ4v) is 2.25. The molecule has 0 atom stereocenters. The van der Waals surface area contributed by atoms with Gasteiger partial charge in [-0.2, -0.15) is 5.10 Å². The third-order valence-electron chi connectivity index (χ3n) is 2.62. The van der Waals surface area contributed by atoms with Crippen molar-refractivity contribution in [2.24, 2.45) is 0 Å². The summed E-state index contributed by atoms with van der Waals surface area (Å²) in [7, 11) is 0. The monoisotopic (exact) mass is 330 g/mol. The minimum absolute atomic E-state index is 0.177. The fourth-order valence-electron chi connectivity index (χ4n) is 1.70. The van der Waals surface area contributed by atoms with E-state index in [1.807, 2.05) is 18.5 Å². The zero-order chi connectivity index (χ0) is 13.3. The van der Waals surface area contributed by atoms with E-state index in [1.54, 1.807) is 0 Å². The molecule has 2 rings (SSSR count). The first-order valence-electron chi connectivity index (χ1n) is 5.46. The molecule has 5 nitrogen and oxygen atoms in total. The molecule has 0 aliphatic heterocycles. The van der Waals surface area contributed by atoms with E-state index in [2.05, 4.69) is 26.0 Å². The van der Waals surface area contributed by atoms with Gasteiger partial charge in [0.15, 0.2) is 0 Å². The van der Waals surface area contributed by atoms with Crippen molar-refractivity contribution in [1.29, 1.82) is 0 Å². The van der Waals surface area contributed by atoms with Crippen LogP contribution in [0.5, 0.6) is 0 Å². The lowest BCUT2D eigenvalue weighted by Crippen LogP contribution is -2.21. The van der Waals surface area contributed by atoms with Gasteiger partial charge in [-0.3, -0.25) is 14.0 Å². The average Bonchev–Trinajstić information content (AvgIpc) is 2.60. The van der Waals surface area contributed by atoms with Crippen molar-refractivity contribution in [3.63, 3.8) is 0 Å². The van der Waals surface area contributed by atoms with E-state index in [1.165, 1.54) is 17.0 Å². The van der Waals surface area contributed by atoms with E-state index >= 15 is 0 Å². The van der Waals surface area contributed by atoms with Gasteiger partial charge in [-0.25, -0.2) is 4.98 Å². The first-order chi connectivity index (χ1) is 8.52. The van der Waals surface area contributed by atoms with Gasteiger partial charge < -0.3 is 0 Å². The predicted molar refractivity (Wildman–Crippen MR) is 72.9 cm³/mol. The van der Waals surface area contributed by atoms with Crippen LogP contribution in [-0.2, 0) is 13.1 Å². The highest BCUT2D eigenvalue weighted by atomic mass is 79.9. The van der Waals surface area contributed by atoms with Crippen LogP contribution in [0.15, 0.2) is 21.7 Å². The third kappa shape index (κ3) is 2.49. The number of aryl methyl sites for hydroxylation is 2. The molecule has 0 spiro atoms. The Kier molecular flexibility index (Phi) is 3.87. The second-order valence-corrected chi connectivity index (χ2v) is 5.02. The Morgan fingerprint density at radius 3 is 2.83 bits per heavy atom. The third-order valence-corrected chi connectivity index (χ3v) is 3.86. The van der Waals surface area contributed by atoms with E-state index in [0.29, 0.717) is 6.54 Å². The van der Waals surface area contributed by atoms with Crippen LogP contribution >= 0.6 is 27.5 Å². The Labute approximate surface area is 118 Å². The standard InChI is InChI=1S/C11H12BrClN4O/c1-3-17-8(11(12)7(2)15-17)5-16-6-14-9(13)4-10(16)18/h4,6H,3,5H2,1-2H3. The van der Waals surface area contributed by atoms with Crippen molar-refractivity contribution < 1.29 is 0 Å². The molecule has 18 heavy (non-hydrogen) atoms. The molecule has 0 amide bonds. The smallest absolute Gasteiger partial charge is 0.255 e. The van der Waals surface area contributed by atoms with Crippen molar-refractivity contribution in [3.8, 4) is 0 Å². The molecule has 0 aromatic carbocycles. The summed E-state index contributed by atoms with van der Waals surface area (Å²) in [4.78, 5) is 15.7. The fraction of sp³-hybridized carbons (Fsp3) is 0.364. The average molecular weight is 332 g/mol. The number of hydrogen-bond donors (Lipinski definition) is 0. The van der Waals surface area contributed by atoms with Gasteiger partial charge in [0.05, 0.1) is 28.7 Å². The van der Waals surface area contributed by atoms with Gasteiger partial charge in [0.2, 0.25) is 0 Å². The normalized spacial score (nSPS) is 10.9. The number of halogens is 2. The van der Waals surface area contributed by atoms with E-state index < -0.39 is 0 Å². The highest BCUT2D eigenvalue weighted by Gasteiger charge is 2.13. The number of aromatic nitrogens is 4. The summed E-state index contributed by atoms with van der Waals surface area (Å²) in [6, 6.07) is 1.30. The largest absolute Gasteiger partial charge is 0.293 e. The molecule has 2 aromatic heterocycles. The van der Waals surface area contributed by atoms with Gasteiger partial charge >= 0.3 is 0 Å². The van der Waals surface area contributed by atoms with Crippen molar-refractivity contribution in [3.05, 3.63) is 43.8 Å². The summed E-state index contributed by atoms with van der Waals surface area (Å²) in [5.74, 6) is 0. The van der Waals surface area contributed by atoms with E-state index in [0.717, 1.165) is 22.4 Å². The molecule has 0 saturated carbocycles. The molecule has 0 N–H and O–H groups in total. The molecule has 0 aliphatic carbocycles. The maximum absolute atomic E-state index is 11.8.